The predicted molar refractivity (Wildman–Crippen MR) is 83.9 cm³/mol. The van der Waals surface area contributed by atoms with Crippen LogP contribution in [0.5, 0.6) is 0 Å². The van der Waals surface area contributed by atoms with Crippen molar-refractivity contribution in [3.63, 3.8) is 0 Å². The first kappa shape index (κ1) is 14.8. The van der Waals surface area contributed by atoms with Crippen molar-refractivity contribution in [2.75, 3.05) is 0 Å². The van der Waals surface area contributed by atoms with Crippen LogP contribution in [0.15, 0.2) is 60.9 Å². The molecule has 0 aliphatic heterocycles. The summed E-state index contributed by atoms with van der Waals surface area (Å²) in [7, 11) is 0. The standard InChI is InChI=1S/C17H15N3O3/c21-15(10-13-11-20-9-5-4-8-14(20)18-13)19-16(17(22)23)12-6-2-1-3-7-12/h1-9,11,16H,10H2,(H,19,21)(H,22,23)/t16-/m0/s1. The van der Waals surface area contributed by atoms with E-state index in [-0.39, 0.29) is 12.3 Å². The Kier molecular flexibility index (Phi) is 4.05. The van der Waals surface area contributed by atoms with Gasteiger partial charge in [0, 0.05) is 12.4 Å². The zero-order valence-corrected chi connectivity index (χ0v) is 12.2. The number of aliphatic carboxylic acids is 1. The first-order valence-corrected chi connectivity index (χ1v) is 7.13. The van der Waals surface area contributed by atoms with Gasteiger partial charge >= 0.3 is 5.97 Å². The fourth-order valence-corrected chi connectivity index (χ4v) is 2.38. The summed E-state index contributed by atoms with van der Waals surface area (Å²) < 4.78 is 1.81. The maximum Gasteiger partial charge on any atom is 0.330 e. The zero-order valence-electron chi connectivity index (χ0n) is 12.2. The first-order chi connectivity index (χ1) is 11.1. The van der Waals surface area contributed by atoms with Crippen LogP contribution in [0.1, 0.15) is 17.3 Å². The van der Waals surface area contributed by atoms with Crippen molar-refractivity contribution in [1.29, 1.82) is 0 Å². The molecule has 23 heavy (non-hydrogen) atoms. The van der Waals surface area contributed by atoms with Crippen molar-refractivity contribution in [1.82, 2.24) is 14.7 Å². The maximum absolute atomic E-state index is 12.2. The molecule has 116 valence electrons. The lowest BCUT2D eigenvalue weighted by molar-refractivity contribution is -0.142. The molecule has 2 heterocycles. The number of imidazole rings is 1. The number of carboxylic acid groups (broad SMARTS) is 1. The van der Waals surface area contributed by atoms with Crippen molar-refractivity contribution in [2.45, 2.75) is 12.5 Å². The van der Waals surface area contributed by atoms with E-state index in [1.54, 1.807) is 36.5 Å². The largest absolute Gasteiger partial charge is 0.479 e. The number of pyridine rings is 1. The molecule has 0 aliphatic rings. The van der Waals surface area contributed by atoms with Gasteiger partial charge in [0.2, 0.25) is 5.91 Å². The third-order valence-electron chi connectivity index (χ3n) is 3.44. The van der Waals surface area contributed by atoms with Crippen LogP contribution in [-0.4, -0.2) is 26.4 Å². The molecular weight excluding hydrogens is 294 g/mol. The quantitative estimate of drug-likeness (QED) is 0.753. The smallest absolute Gasteiger partial charge is 0.330 e. The lowest BCUT2D eigenvalue weighted by Gasteiger charge is -2.14. The van der Waals surface area contributed by atoms with Crippen molar-refractivity contribution >= 4 is 17.5 Å². The van der Waals surface area contributed by atoms with Gasteiger partial charge in [0.25, 0.3) is 0 Å². The number of aromatic nitrogens is 2. The van der Waals surface area contributed by atoms with Crippen LogP contribution in [0.4, 0.5) is 0 Å². The molecule has 0 spiro atoms. The SMILES string of the molecule is O=C(Cc1cn2ccccc2n1)N[C@H](C(=O)O)c1ccccc1. The highest BCUT2D eigenvalue weighted by atomic mass is 16.4. The van der Waals surface area contributed by atoms with E-state index >= 15 is 0 Å². The molecule has 1 aromatic carbocycles. The number of nitrogens with zero attached hydrogens (tertiary/aromatic N) is 2. The van der Waals surface area contributed by atoms with Gasteiger partial charge < -0.3 is 14.8 Å². The Balaban J connectivity index is 1.73. The van der Waals surface area contributed by atoms with Crippen molar-refractivity contribution in [3.05, 3.63) is 72.2 Å². The average Bonchev–Trinajstić information content (AvgIpc) is 2.95. The number of carboxylic acids is 1. The van der Waals surface area contributed by atoms with E-state index in [1.807, 2.05) is 28.8 Å². The number of amides is 1. The number of fused-ring (bicyclic) bond motifs is 1. The van der Waals surface area contributed by atoms with E-state index in [4.69, 9.17) is 0 Å². The fraction of sp³-hybridized carbons (Fsp3) is 0.118. The topological polar surface area (TPSA) is 83.7 Å². The number of benzene rings is 1. The molecular formula is C17H15N3O3. The Labute approximate surface area is 132 Å². The molecule has 0 aliphatic carbocycles. The summed E-state index contributed by atoms with van der Waals surface area (Å²) in [5.41, 5.74) is 1.86. The molecule has 2 aromatic heterocycles. The Hall–Kier alpha value is -3.15. The second-order valence-electron chi connectivity index (χ2n) is 5.12. The van der Waals surface area contributed by atoms with E-state index in [2.05, 4.69) is 10.3 Å². The molecule has 3 aromatic rings. The number of carbonyl (C=O) groups is 2. The van der Waals surface area contributed by atoms with E-state index in [9.17, 15) is 14.7 Å². The van der Waals surface area contributed by atoms with Gasteiger partial charge in [-0.3, -0.25) is 4.79 Å². The van der Waals surface area contributed by atoms with Crippen LogP contribution in [-0.2, 0) is 16.0 Å². The molecule has 0 unspecified atom stereocenters. The second kappa shape index (κ2) is 6.31. The highest BCUT2D eigenvalue weighted by Gasteiger charge is 2.22. The van der Waals surface area contributed by atoms with Crippen LogP contribution in [0.2, 0.25) is 0 Å². The number of nitrogens with one attached hydrogen (secondary N) is 1. The third kappa shape index (κ3) is 3.37. The molecule has 6 heteroatoms. The Morgan fingerprint density at radius 2 is 1.87 bits per heavy atom. The van der Waals surface area contributed by atoms with Gasteiger partial charge in [0.1, 0.15) is 5.65 Å². The second-order valence-corrected chi connectivity index (χ2v) is 5.12. The lowest BCUT2D eigenvalue weighted by atomic mass is 10.1. The summed E-state index contributed by atoms with van der Waals surface area (Å²) in [6.07, 6.45) is 3.62. The molecule has 1 amide bonds. The zero-order chi connectivity index (χ0) is 16.2. The fourth-order valence-electron chi connectivity index (χ4n) is 2.38. The molecule has 0 fully saturated rings. The number of rotatable bonds is 5. The molecule has 0 saturated carbocycles. The van der Waals surface area contributed by atoms with Gasteiger partial charge in [-0.1, -0.05) is 36.4 Å². The summed E-state index contributed by atoms with van der Waals surface area (Å²) in [5, 5.41) is 11.9. The summed E-state index contributed by atoms with van der Waals surface area (Å²) in [6.45, 7) is 0. The number of carbonyl (C=O) groups excluding carboxylic acids is 1. The lowest BCUT2D eigenvalue weighted by Crippen LogP contribution is -2.34. The van der Waals surface area contributed by atoms with Gasteiger partial charge in [-0.05, 0) is 17.7 Å². The summed E-state index contributed by atoms with van der Waals surface area (Å²) in [4.78, 5) is 27.9. The predicted octanol–water partition coefficient (Wildman–Crippen LogP) is 1.82. The van der Waals surface area contributed by atoms with Crippen LogP contribution < -0.4 is 5.32 Å². The summed E-state index contributed by atoms with van der Waals surface area (Å²) in [5.74, 6) is -1.48. The molecule has 0 saturated heterocycles. The van der Waals surface area contributed by atoms with E-state index < -0.39 is 12.0 Å². The van der Waals surface area contributed by atoms with E-state index in [0.717, 1.165) is 5.65 Å². The molecule has 1 atom stereocenters. The highest BCUT2D eigenvalue weighted by molar-refractivity contribution is 5.85. The summed E-state index contributed by atoms with van der Waals surface area (Å²) in [6, 6.07) is 13.1. The summed E-state index contributed by atoms with van der Waals surface area (Å²) >= 11 is 0. The molecule has 0 radical (unpaired) electrons. The minimum Gasteiger partial charge on any atom is -0.479 e. The molecule has 3 rings (SSSR count). The molecule has 6 nitrogen and oxygen atoms in total. The van der Waals surface area contributed by atoms with Crippen molar-refractivity contribution in [3.8, 4) is 0 Å². The van der Waals surface area contributed by atoms with Gasteiger partial charge in [0.15, 0.2) is 6.04 Å². The van der Waals surface area contributed by atoms with E-state index in [0.29, 0.717) is 11.3 Å². The minimum atomic E-state index is -1.10. The van der Waals surface area contributed by atoms with Crippen molar-refractivity contribution in [2.24, 2.45) is 0 Å². The monoisotopic (exact) mass is 309 g/mol. The minimum absolute atomic E-state index is 0.0261. The maximum atomic E-state index is 12.2. The first-order valence-electron chi connectivity index (χ1n) is 7.13. The highest BCUT2D eigenvalue weighted by Crippen LogP contribution is 2.13. The van der Waals surface area contributed by atoms with Gasteiger partial charge in [-0.2, -0.15) is 0 Å². The average molecular weight is 309 g/mol. The van der Waals surface area contributed by atoms with E-state index in [1.165, 1.54) is 0 Å². The Morgan fingerprint density at radius 3 is 2.57 bits per heavy atom. The molecule has 0 bridgehead atoms. The van der Waals surface area contributed by atoms with Gasteiger partial charge in [-0.25, -0.2) is 9.78 Å². The number of hydrogen-bond donors (Lipinski definition) is 2. The van der Waals surface area contributed by atoms with Gasteiger partial charge in [0.05, 0.1) is 12.1 Å². The van der Waals surface area contributed by atoms with Crippen molar-refractivity contribution < 1.29 is 14.7 Å². The van der Waals surface area contributed by atoms with Crippen LogP contribution in [0.3, 0.4) is 0 Å². The van der Waals surface area contributed by atoms with Crippen LogP contribution in [0, 0.1) is 0 Å². The van der Waals surface area contributed by atoms with Gasteiger partial charge in [-0.15, -0.1) is 0 Å². The Bertz CT molecular complexity index is 809. The van der Waals surface area contributed by atoms with Crippen LogP contribution >= 0.6 is 0 Å². The Morgan fingerprint density at radius 1 is 1.13 bits per heavy atom. The third-order valence-corrected chi connectivity index (χ3v) is 3.44. The van der Waals surface area contributed by atoms with Crippen LogP contribution in [0.25, 0.3) is 5.65 Å². The number of hydrogen-bond acceptors (Lipinski definition) is 3. The normalized spacial score (nSPS) is 12.0. The molecule has 2 N–H and O–H groups in total.